The first-order chi connectivity index (χ1) is 15.7. The van der Waals surface area contributed by atoms with Gasteiger partial charge in [-0.2, -0.15) is 5.26 Å². The van der Waals surface area contributed by atoms with E-state index in [0.717, 1.165) is 24.9 Å². The van der Waals surface area contributed by atoms with Crippen LogP contribution in [0.25, 0.3) is 6.08 Å². The number of hydrogen-bond acceptors (Lipinski definition) is 6. The highest BCUT2D eigenvalue weighted by atomic mass is 16.5. The fourth-order valence-corrected chi connectivity index (χ4v) is 6.08. The predicted molar refractivity (Wildman–Crippen MR) is 123 cm³/mol. The molecule has 4 saturated carbocycles. The molecule has 4 bridgehead atoms. The van der Waals surface area contributed by atoms with Crippen molar-refractivity contribution >= 4 is 29.7 Å². The van der Waals surface area contributed by atoms with Crippen molar-refractivity contribution in [2.24, 2.45) is 17.8 Å². The van der Waals surface area contributed by atoms with Gasteiger partial charge in [-0.1, -0.05) is 12.1 Å². The van der Waals surface area contributed by atoms with Gasteiger partial charge >= 0.3 is 12.0 Å². The fraction of sp³-hybridized carbons (Fsp3) is 0.520. The van der Waals surface area contributed by atoms with Crippen LogP contribution in [-0.4, -0.2) is 44.1 Å². The van der Waals surface area contributed by atoms with Crippen LogP contribution in [0.15, 0.2) is 29.8 Å². The number of benzene rings is 1. The quantitative estimate of drug-likeness (QED) is 0.392. The summed E-state index contributed by atoms with van der Waals surface area (Å²) < 4.78 is 4.96. The van der Waals surface area contributed by atoms with Crippen molar-refractivity contribution in [3.63, 3.8) is 0 Å². The number of nitrogens with zero attached hydrogens (tertiary/aromatic N) is 2. The minimum Gasteiger partial charge on any atom is -0.451 e. The van der Waals surface area contributed by atoms with Crippen LogP contribution in [0.5, 0.6) is 0 Å². The number of carbonyl (C=O) groups is 3. The van der Waals surface area contributed by atoms with E-state index >= 15 is 0 Å². The third kappa shape index (κ3) is 5.36. The lowest BCUT2D eigenvalue weighted by atomic mass is 9.53. The zero-order valence-corrected chi connectivity index (χ0v) is 19.1. The zero-order valence-electron chi connectivity index (χ0n) is 19.1. The Bertz CT molecular complexity index is 971. The normalized spacial score (nSPS) is 27.4. The Morgan fingerprint density at radius 1 is 1.09 bits per heavy atom. The SMILES string of the molecule is CN(C)c1ccc(/C=C(\C#N)C(=O)OCC(=O)NC(=O)NC23CC4CC(CC(C4)C2)C3)cc1. The van der Waals surface area contributed by atoms with Crippen molar-refractivity contribution in [1.82, 2.24) is 10.6 Å². The van der Waals surface area contributed by atoms with Gasteiger partial charge in [0.25, 0.3) is 5.91 Å². The number of amides is 3. The van der Waals surface area contributed by atoms with E-state index in [9.17, 15) is 19.6 Å². The molecule has 4 aliphatic carbocycles. The topological polar surface area (TPSA) is 112 Å². The molecule has 33 heavy (non-hydrogen) atoms. The molecule has 2 N–H and O–H groups in total. The van der Waals surface area contributed by atoms with Crippen molar-refractivity contribution in [3.05, 3.63) is 35.4 Å². The lowest BCUT2D eigenvalue weighted by Crippen LogP contribution is -2.62. The third-order valence-electron chi connectivity index (χ3n) is 7.07. The summed E-state index contributed by atoms with van der Waals surface area (Å²) in [7, 11) is 3.83. The van der Waals surface area contributed by atoms with Crippen molar-refractivity contribution in [2.45, 2.75) is 44.1 Å². The number of carbonyl (C=O) groups excluding carboxylic acids is 3. The highest BCUT2D eigenvalue weighted by Crippen LogP contribution is 2.55. The Hall–Kier alpha value is -3.34. The number of nitrogens with one attached hydrogen (secondary N) is 2. The summed E-state index contributed by atoms with van der Waals surface area (Å²) in [6, 6.07) is 8.54. The maximum atomic E-state index is 12.4. The van der Waals surface area contributed by atoms with Gasteiger partial charge in [-0.15, -0.1) is 0 Å². The van der Waals surface area contributed by atoms with E-state index in [0.29, 0.717) is 23.3 Å². The number of anilines is 1. The molecule has 0 aromatic heterocycles. The molecular formula is C25H30N4O4. The Morgan fingerprint density at radius 3 is 2.18 bits per heavy atom. The van der Waals surface area contributed by atoms with E-state index in [1.54, 1.807) is 18.2 Å². The van der Waals surface area contributed by atoms with Crippen molar-refractivity contribution in [2.75, 3.05) is 25.6 Å². The van der Waals surface area contributed by atoms with Crippen LogP contribution >= 0.6 is 0 Å². The van der Waals surface area contributed by atoms with Crippen LogP contribution in [0.1, 0.15) is 44.1 Å². The van der Waals surface area contributed by atoms with E-state index in [2.05, 4.69) is 10.6 Å². The van der Waals surface area contributed by atoms with E-state index < -0.39 is 24.5 Å². The lowest BCUT2D eigenvalue weighted by Gasteiger charge is -2.56. The summed E-state index contributed by atoms with van der Waals surface area (Å²) in [5, 5.41) is 14.6. The molecule has 8 heteroatoms. The van der Waals surface area contributed by atoms with Crippen molar-refractivity contribution in [3.8, 4) is 6.07 Å². The van der Waals surface area contributed by atoms with Gasteiger partial charge in [-0.3, -0.25) is 10.1 Å². The largest absolute Gasteiger partial charge is 0.451 e. The first-order valence-corrected chi connectivity index (χ1v) is 11.4. The molecule has 0 saturated heterocycles. The van der Waals surface area contributed by atoms with E-state index in [-0.39, 0.29) is 11.1 Å². The van der Waals surface area contributed by atoms with Crippen molar-refractivity contribution in [1.29, 1.82) is 5.26 Å². The first-order valence-electron chi connectivity index (χ1n) is 11.4. The minimum atomic E-state index is -0.911. The second-order valence-corrected chi connectivity index (χ2v) is 9.93. The molecule has 1 aromatic rings. The Balaban J connectivity index is 1.27. The second kappa shape index (κ2) is 9.26. The number of hydrogen-bond donors (Lipinski definition) is 2. The van der Waals surface area contributed by atoms with Gasteiger partial charge in [0, 0.05) is 25.3 Å². The average molecular weight is 451 g/mol. The van der Waals surface area contributed by atoms with Gasteiger partial charge in [0.15, 0.2) is 6.61 Å². The predicted octanol–water partition coefficient (Wildman–Crippen LogP) is 3.00. The molecule has 3 amide bonds. The van der Waals surface area contributed by atoms with Gasteiger partial charge in [-0.05, 0) is 80.1 Å². The molecule has 0 heterocycles. The molecule has 8 nitrogen and oxygen atoms in total. The molecule has 0 unspecified atom stereocenters. The van der Waals surface area contributed by atoms with Crippen LogP contribution in [0.2, 0.25) is 0 Å². The van der Waals surface area contributed by atoms with Crippen molar-refractivity contribution < 1.29 is 19.1 Å². The van der Waals surface area contributed by atoms with E-state index in [4.69, 9.17) is 4.74 Å². The molecule has 4 fully saturated rings. The maximum absolute atomic E-state index is 12.4. The minimum absolute atomic E-state index is 0.214. The zero-order chi connectivity index (χ0) is 23.6. The molecule has 0 aliphatic heterocycles. The molecular weight excluding hydrogens is 420 g/mol. The number of imide groups is 1. The smallest absolute Gasteiger partial charge is 0.349 e. The summed E-state index contributed by atoms with van der Waals surface area (Å²) >= 11 is 0. The molecule has 0 atom stereocenters. The summed E-state index contributed by atoms with van der Waals surface area (Å²) in [6.07, 6.45) is 8.09. The van der Waals surface area contributed by atoms with Crippen LogP contribution in [0.4, 0.5) is 10.5 Å². The summed E-state index contributed by atoms with van der Waals surface area (Å²) in [6.45, 7) is -0.633. The van der Waals surface area contributed by atoms with E-state index in [1.165, 1.54) is 25.3 Å². The second-order valence-electron chi connectivity index (χ2n) is 9.93. The average Bonchev–Trinajstić information content (AvgIpc) is 2.74. The third-order valence-corrected chi connectivity index (χ3v) is 7.07. The number of urea groups is 1. The van der Waals surface area contributed by atoms with Gasteiger partial charge in [-0.25, -0.2) is 9.59 Å². The molecule has 0 radical (unpaired) electrons. The van der Waals surface area contributed by atoms with E-state index in [1.807, 2.05) is 31.1 Å². The summed E-state index contributed by atoms with van der Waals surface area (Å²) in [5.41, 5.74) is 1.21. The molecule has 4 aliphatic rings. The molecule has 0 spiro atoms. The highest BCUT2D eigenvalue weighted by Gasteiger charge is 2.51. The van der Waals surface area contributed by atoms with Crippen LogP contribution in [0, 0.1) is 29.1 Å². The number of rotatable bonds is 6. The van der Waals surface area contributed by atoms with Gasteiger partial charge in [0.2, 0.25) is 0 Å². The summed E-state index contributed by atoms with van der Waals surface area (Å²) in [4.78, 5) is 38.8. The molecule has 1 aromatic carbocycles. The fourth-order valence-electron chi connectivity index (χ4n) is 6.08. The maximum Gasteiger partial charge on any atom is 0.349 e. The van der Waals surface area contributed by atoms with Crippen LogP contribution < -0.4 is 15.5 Å². The Kier molecular flexibility index (Phi) is 6.41. The Labute approximate surface area is 194 Å². The monoisotopic (exact) mass is 450 g/mol. The van der Waals surface area contributed by atoms with Gasteiger partial charge < -0.3 is 15.0 Å². The van der Waals surface area contributed by atoms with Crippen LogP contribution in [0.3, 0.4) is 0 Å². The van der Waals surface area contributed by atoms with Gasteiger partial charge in [0.05, 0.1) is 0 Å². The van der Waals surface area contributed by atoms with Gasteiger partial charge in [0.1, 0.15) is 11.6 Å². The first kappa shape index (κ1) is 22.8. The number of ether oxygens (including phenoxy) is 1. The van der Waals surface area contributed by atoms with Crippen LogP contribution in [-0.2, 0) is 14.3 Å². The standard InChI is InChI=1S/C25H30N4O4/c1-29(2)21-5-3-16(4-6-21)10-20(14-26)23(31)33-15-22(30)27-24(32)28-25-11-17-7-18(12-25)9-19(8-17)13-25/h3-6,10,17-19H,7-9,11-13,15H2,1-2H3,(H2,27,28,30,32)/b20-10+. The Morgan fingerprint density at radius 2 is 1.67 bits per heavy atom. The molecule has 5 rings (SSSR count). The molecule has 174 valence electrons. The number of esters is 1. The lowest BCUT2D eigenvalue weighted by molar-refractivity contribution is -0.144. The summed E-state index contributed by atoms with van der Waals surface area (Å²) in [5.74, 6) is 0.375. The number of nitriles is 1. The highest BCUT2D eigenvalue weighted by molar-refractivity contribution is 6.00.